The zero-order chi connectivity index (χ0) is 23.4. The quantitative estimate of drug-likeness (QED) is 0.367. The summed E-state index contributed by atoms with van der Waals surface area (Å²) in [5.74, 6) is 0.300. The summed E-state index contributed by atoms with van der Waals surface area (Å²) in [4.78, 5) is 25.5. The molecule has 3 heterocycles. The minimum atomic E-state index is -0.514. The highest BCUT2D eigenvalue weighted by atomic mass is 32.2. The van der Waals surface area contributed by atoms with Gasteiger partial charge < -0.3 is 15.5 Å². The van der Waals surface area contributed by atoms with Gasteiger partial charge in [0, 0.05) is 17.8 Å². The number of thioether (sulfide) groups is 1. The number of thiophene rings is 1. The van der Waals surface area contributed by atoms with Gasteiger partial charge in [-0.3, -0.25) is 14.2 Å². The van der Waals surface area contributed by atoms with Crippen molar-refractivity contribution in [2.45, 2.75) is 62.4 Å². The van der Waals surface area contributed by atoms with E-state index >= 15 is 0 Å². The average Bonchev–Trinajstić information content (AvgIpc) is 3.48. The second kappa shape index (κ2) is 10.2. The first kappa shape index (κ1) is 23.1. The third kappa shape index (κ3) is 5.12. The van der Waals surface area contributed by atoms with Crippen LogP contribution in [-0.4, -0.2) is 31.8 Å². The molecule has 0 aliphatic heterocycles. The van der Waals surface area contributed by atoms with Gasteiger partial charge in [0.1, 0.15) is 11.1 Å². The Morgan fingerprint density at radius 2 is 2.18 bits per heavy atom. The number of nitriles is 1. The molecule has 0 fully saturated rings. The number of nitrogens with one attached hydrogen (secondary N) is 1. The summed E-state index contributed by atoms with van der Waals surface area (Å²) in [6.45, 7) is 2.04. The zero-order valence-electron chi connectivity index (χ0n) is 18.2. The number of furan rings is 1. The van der Waals surface area contributed by atoms with Gasteiger partial charge >= 0.3 is 0 Å². The van der Waals surface area contributed by atoms with Crippen LogP contribution in [0.5, 0.6) is 0 Å². The minimum Gasteiger partial charge on any atom is -0.461 e. The van der Waals surface area contributed by atoms with Crippen LogP contribution in [0.15, 0.2) is 28.0 Å². The molecule has 0 aromatic carbocycles. The number of anilines is 1. The predicted octanol–water partition coefficient (Wildman–Crippen LogP) is 3.73. The van der Waals surface area contributed by atoms with E-state index in [-0.39, 0.29) is 18.9 Å². The van der Waals surface area contributed by atoms with Crippen LogP contribution >= 0.6 is 23.1 Å². The fourth-order valence-electron chi connectivity index (χ4n) is 3.76. The number of nitrogens with two attached hydrogens (primary N) is 1. The Labute approximate surface area is 199 Å². The van der Waals surface area contributed by atoms with Crippen molar-refractivity contribution in [2.24, 2.45) is 5.73 Å². The largest absolute Gasteiger partial charge is 0.461 e. The van der Waals surface area contributed by atoms with Gasteiger partial charge in [-0.1, -0.05) is 18.2 Å². The van der Waals surface area contributed by atoms with Gasteiger partial charge in [0.15, 0.2) is 16.7 Å². The number of carbonyl (C=O) groups excluding carboxylic acids is 2. The van der Waals surface area contributed by atoms with E-state index in [1.807, 2.05) is 0 Å². The Balaban J connectivity index is 1.52. The SMILES string of the molecule is CC(Sc1nnc(-c2ccco2)n1CCC(N)=O)C(=O)Nc1sc2c(c1C#N)CCCCC2. The second-order valence-corrected chi connectivity index (χ2v) is 10.2. The number of aromatic nitrogens is 3. The lowest BCUT2D eigenvalue weighted by Gasteiger charge is -2.12. The molecule has 172 valence electrons. The number of fused-ring (bicyclic) bond motifs is 1. The number of carbonyl (C=O) groups is 2. The van der Waals surface area contributed by atoms with Crippen LogP contribution in [0.2, 0.25) is 0 Å². The van der Waals surface area contributed by atoms with Crippen LogP contribution in [0.3, 0.4) is 0 Å². The summed E-state index contributed by atoms with van der Waals surface area (Å²) in [5, 5.41) is 21.6. The number of rotatable bonds is 8. The van der Waals surface area contributed by atoms with E-state index in [9.17, 15) is 14.9 Å². The molecule has 0 radical (unpaired) electrons. The molecule has 1 atom stereocenters. The topological polar surface area (TPSA) is 140 Å². The molecule has 0 saturated heterocycles. The number of primary amides is 1. The smallest absolute Gasteiger partial charge is 0.238 e. The summed E-state index contributed by atoms with van der Waals surface area (Å²) in [6.07, 6.45) is 6.81. The maximum atomic E-state index is 13.0. The van der Waals surface area contributed by atoms with Crippen LogP contribution in [0.4, 0.5) is 5.00 Å². The molecular formula is C22H24N6O3S2. The molecule has 3 aromatic heterocycles. The summed E-state index contributed by atoms with van der Waals surface area (Å²) in [5.41, 5.74) is 7.01. The van der Waals surface area contributed by atoms with Crippen molar-refractivity contribution in [3.8, 4) is 17.7 Å². The van der Waals surface area contributed by atoms with Crippen molar-refractivity contribution in [2.75, 3.05) is 5.32 Å². The van der Waals surface area contributed by atoms with Gasteiger partial charge in [-0.15, -0.1) is 21.5 Å². The van der Waals surface area contributed by atoms with Crippen LogP contribution < -0.4 is 11.1 Å². The fraction of sp³-hybridized carbons (Fsp3) is 0.409. The van der Waals surface area contributed by atoms with Crippen molar-refractivity contribution >= 4 is 39.9 Å². The standard InChI is InChI=1S/C22H24N6O3S2/c1-13(20(30)25-21-15(12-23)14-6-3-2-4-8-17(14)33-21)32-22-27-26-19(16-7-5-11-31-16)28(22)10-9-18(24)29/h5,7,11,13H,2-4,6,8-10H2,1H3,(H2,24,29)(H,25,30). The number of amides is 2. The molecular weight excluding hydrogens is 460 g/mol. The maximum Gasteiger partial charge on any atom is 0.238 e. The van der Waals surface area contributed by atoms with Gasteiger partial charge in [-0.25, -0.2) is 0 Å². The lowest BCUT2D eigenvalue weighted by Crippen LogP contribution is -2.23. The summed E-state index contributed by atoms with van der Waals surface area (Å²) >= 11 is 2.73. The Bertz CT molecular complexity index is 1190. The highest BCUT2D eigenvalue weighted by molar-refractivity contribution is 8.00. The molecule has 0 spiro atoms. The van der Waals surface area contributed by atoms with Crippen molar-refractivity contribution in [1.82, 2.24) is 14.8 Å². The number of hydrogen-bond donors (Lipinski definition) is 2. The number of aryl methyl sites for hydroxylation is 1. The molecule has 1 aliphatic carbocycles. The molecule has 3 aromatic rings. The predicted molar refractivity (Wildman–Crippen MR) is 126 cm³/mol. The Hall–Kier alpha value is -3.10. The molecule has 1 aliphatic rings. The van der Waals surface area contributed by atoms with Gasteiger partial charge in [0.2, 0.25) is 11.8 Å². The van der Waals surface area contributed by atoms with Gasteiger partial charge in [-0.2, -0.15) is 5.26 Å². The second-order valence-electron chi connectivity index (χ2n) is 7.78. The van der Waals surface area contributed by atoms with E-state index in [1.54, 1.807) is 23.6 Å². The Kier molecular flexibility index (Phi) is 7.15. The molecule has 33 heavy (non-hydrogen) atoms. The first-order chi connectivity index (χ1) is 16.0. The monoisotopic (exact) mass is 484 g/mol. The molecule has 1 unspecified atom stereocenters. The van der Waals surface area contributed by atoms with E-state index in [4.69, 9.17) is 10.2 Å². The van der Waals surface area contributed by atoms with Crippen molar-refractivity contribution in [3.63, 3.8) is 0 Å². The first-order valence-corrected chi connectivity index (χ1v) is 12.4. The third-order valence-corrected chi connectivity index (χ3v) is 7.75. The number of hydrogen-bond acceptors (Lipinski definition) is 8. The normalized spacial score (nSPS) is 14.2. The Morgan fingerprint density at radius 3 is 2.91 bits per heavy atom. The van der Waals surface area contributed by atoms with Crippen LogP contribution in [0.1, 0.15) is 48.6 Å². The molecule has 0 saturated carbocycles. The molecule has 3 N–H and O–H groups in total. The van der Waals surface area contributed by atoms with Crippen LogP contribution in [-0.2, 0) is 29.0 Å². The summed E-state index contributed by atoms with van der Waals surface area (Å²) in [6, 6.07) is 5.78. The highest BCUT2D eigenvalue weighted by Crippen LogP contribution is 2.37. The zero-order valence-corrected chi connectivity index (χ0v) is 19.8. The Morgan fingerprint density at radius 1 is 1.36 bits per heavy atom. The number of nitrogens with zero attached hydrogens (tertiary/aromatic N) is 4. The summed E-state index contributed by atoms with van der Waals surface area (Å²) in [7, 11) is 0. The van der Waals surface area contributed by atoms with Crippen molar-refractivity contribution < 1.29 is 14.0 Å². The van der Waals surface area contributed by atoms with E-state index in [1.165, 1.54) is 34.2 Å². The minimum absolute atomic E-state index is 0.103. The van der Waals surface area contributed by atoms with Gasteiger partial charge in [-0.05, 0) is 50.3 Å². The van der Waals surface area contributed by atoms with E-state index in [2.05, 4.69) is 21.6 Å². The maximum absolute atomic E-state index is 13.0. The molecule has 0 bridgehead atoms. The van der Waals surface area contributed by atoms with Gasteiger partial charge in [0.25, 0.3) is 0 Å². The van der Waals surface area contributed by atoms with E-state index in [0.717, 1.165) is 37.7 Å². The average molecular weight is 485 g/mol. The third-order valence-electron chi connectivity index (χ3n) is 5.46. The first-order valence-electron chi connectivity index (χ1n) is 10.8. The van der Waals surface area contributed by atoms with Crippen LogP contribution in [0, 0.1) is 11.3 Å². The van der Waals surface area contributed by atoms with Crippen LogP contribution in [0.25, 0.3) is 11.6 Å². The summed E-state index contributed by atoms with van der Waals surface area (Å²) < 4.78 is 7.16. The molecule has 9 nitrogen and oxygen atoms in total. The lowest BCUT2D eigenvalue weighted by atomic mass is 10.1. The molecule has 2 amide bonds. The fourth-order valence-corrected chi connectivity index (χ4v) is 5.88. The van der Waals surface area contributed by atoms with Gasteiger partial charge in [0.05, 0.1) is 17.1 Å². The van der Waals surface area contributed by atoms with Crippen molar-refractivity contribution in [1.29, 1.82) is 5.26 Å². The molecule has 4 rings (SSSR count). The van der Waals surface area contributed by atoms with E-state index in [0.29, 0.717) is 27.3 Å². The lowest BCUT2D eigenvalue weighted by molar-refractivity contribution is -0.118. The van der Waals surface area contributed by atoms with E-state index < -0.39 is 11.2 Å². The van der Waals surface area contributed by atoms with Crippen molar-refractivity contribution in [3.05, 3.63) is 34.4 Å². The highest BCUT2D eigenvalue weighted by Gasteiger charge is 2.25. The molecule has 11 heteroatoms.